The average molecular weight is 436 g/mol. The molecular weight excluding hydrogens is 398 g/mol. The van der Waals surface area contributed by atoms with Crippen LogP contribution in [-0.4, -0.2) is 68.1 Å². The molecule has 0 aliphatic carbocycles. The fourth-order valence-electron chi connectivity index (χ4n) is 5.32. The quantitative estimate of drug-likeness (QED) is 0.686. The summed E-state index contributed by atoms with van der Waals surface area (Å²) in [5.41, 5.74) is 5.01. The van der Waals surface area contributed by atoms with Crippen molar-refractivity contribution >= 4 is 11.6 Å². The normalized spacial score (nSPS) is 19.8. The van der Waals surface area contributed by atoms with Crippen molar-refractivity contribution in [2.45, 2.75) is 45.6 Å². The number of piperidine rings is 1. The molecule has 0 bridgehead atoms. The van der Waals surface area contributed by atoms with Crippen LogP contribution in [0.1, 0.15) is 36.0 Å². The minimum Gasteiger partial charge on any atom is -0.495 e. The molecule has 2 aromatic rings. The second-order valence-corrected chi connectivity index (χ2v) is 9.33. The molecule has 5 nitrogen and oxygen atoms in total. The standard InChI is InChI=1S/C27H37N3O2/c1-21-17-22(2)19-23(18-21)10-11-27(31)30-12-6-7-24(20-30)28-13-15-29(16-14-28)25-8-4-5-9-26(25)32-3/h4-5,8-9,17-19,24H,6-7,10-16,20H2,1-3H3/t24-/m1/s1. The molecule has 2 aromatic carbocycles. The van der Waals surface area contributed by atoms with E-state index in [1.807, 2.05) is 12.1 Å². The molecule has 0 N–H and O–H groups in total. The van der Waals surface area contributed by atoms with Crippen LogP contribution in [0.5, 0.6) is 5.75 Å². The molecule has 2 aliphatic heterocycles. The maximum Gasteiger partial charge on any atom is 0.222 e. The number of carbonyl (C=O) groups excluding carboxylic acids is 1. The lowest BCUT2D eigenvalue weighted by molar-refractivity contribution is -0.133. The number of anilines is 1. The number of amides is 1. The number of hydrogen-bond acceptors (Lipinski definition) is 4. The number of aryl methyl sites for hydroxylation is 3. The number of piperazine rings is 1. The Morgan fingerprint density at radius 2 is 1.72 bits per heavy atom. The van der Waals surface area contributed by atoms with Gasteiger partial charge in [0.05, 0.1) is 12.8 Å². The van der Waals surface area contributed by atoms with Crippen LogP contribution in [0, 0.1) is 13.8 Å². The topological polar surface area (TPSA) is 36.0 Å². The van der Waals surface area contributed by atoms with Crippen LogP contribution in [0.25, 0.3) is 0 Å². The van der Waals surface area contributed by atoms with Gasteiger partial charge in [-0.25, -0.2) is 0 Å². The Balaban J connectivity index is 1.29. The first-order chi connectivity index (χ1) is 15.5. The fourth-order valence-corrected chi connectivity index (χ4v) is 5.32. The molecule has 0 saturated carbocycles. The van der Waals surface area contributed by atoms with Crippen molar-refractivity contribution in [1.29, 1.82) is 0 Å². The largest absolute Gasteiger partial charge is 0.495 e. The summed E-state index contributed by atoms with van der Waals surface area (Å²) in [6.07, 6.45) is 3.74. The molecule has 0 unspecified atom stereocenters. The Hall–Kier alpha value is -2.53. The van der Waals surface area contributed by atoms with E-state index in [4.69, 9.17) is 4.74 Å². The monoisotopic (exact) mass is 435 g/mol. The molecule has 4 rings (SSSR count). The van der Waals surface area contributed by atoms with Gasteiger partial charge in [-0.15, -0.1) is 0 Å². The third-order valence-corrected chi connectivity index (χ3v) is 6.91. The van der Waals surface area contributed by atoms with E-state index < -0.39 is 0 Å². The molecule has 2 fully saturated rings. The van der Waals surface area contributed by atoms with Crippen LogP contribution in [-0.2, 0) is 11.2 Å². The Labute approximate surface area is 193 Å². The molecule has 5 heteroatoms. The zero-order valence-corrected chi connectivity index (χ0v) is 19.8. The molecule has 1 amide bonds. The van der Waals surface area contributed by atoms with Crippen molar-refractivity contribution < 1.29 is 9.53 Å². The Bertz CT molecular complexity index is 901. The number of methoxy groups -OCH3 is 1. The minimum atomic E-state index is 0.307. The highest BCUT2D eigenvalue weighted by molar-refractivity contribution is 5.76. The third kappa shape index (κ3) is 5.44. The molecule has 1 atom stereocenters. The molecular formula is C27H37N3O2. The van der Waals surface area contributed by atoms with E-state index in [0.29, 0.717) is 18.4 Å². The van der Waals surface area contributed by atoms with E-state index in [1.165, 1.54) is 28.8 Å². The second-order valence-electron chi connectivity index (χ2n) is 9.33. The predicted octanol–water partition coefficient (Wildman–Crippen LogP) is 4.06. The molecule has 0 aromatic heterocycles. The van der Waals surface area contributed by atoms with Gasteiger partial charge in [0.15, 0.2) is 0 Å². The molecule has 32 heavy (non-hydrogen) atoms. The van der Waals surface area contributed by atoms with Crippen molar-refractivity contribution in [2.24, 2.45) is 0 Å². The summed E-state index contributed by atoms with van der Waals surface area (Å²) < 4.78 is 5.55. The molecule has 172 valence electrons. The van der Waals surface area contributed by atoms with Crippen molar-refractivity contribution in [1.82, 2.24) is 9.80 Å². The summed E-state index contributed by atoms with van der Waals surface area (Å²) in [4.78, 5) is 20.1. The molecule has 2 heterocycles. The van der Waals surface area contributed by atoms with Crippen LogP contribution >= 0.6 is 0 Å². The van der Waals surface area contributed by atoms with Gasteiger partial charge >= 0.3 is 0 Å². The van der Waals surface area contributed by atoms with Gasteiger partial charge in [0, 0.05) is 51.7 Å². The van der Waals surface area contributed by atoms with Crippen molar-refractivity contribution in [3.05, 3.63) is 59.2 Å². The number of ether oxygens (including phenoxy) is 1. The predicted molar refractivity (Wildman–Crippen MR) is 131 cm³/mol. The third-order valence-electron chi connectivity index (χ3n) is 6.91. The highest BCUT2D eigenvalue weighted by atomic mass is 16.5. The highest BCUT2D eigenvalue weighted by Crippen LogP contribution is 2.29. The van der Waals surface area contributed by atoms with Crippen LogP contribution < -0.4 is 9.64 Å². The number of benzene rings is 2. The van der Waals surface area contributed by atoms with E-state index in [1.54, 1.807) is 7.11 Å². The summed E-state index contributed by atoms with van der Waals surface area (Å²) in [5.74, 6) is 1.25. The Morgan fingerprint density at radius 1 is 1.00 bits per heavy atom. The molecule has 2 saturated heterocycles. The SMILES string of the molecule is COc1ccccc1N1CCN([C@@H]2CCCN(C(=O)CCc3cc(C)cc(C)c3)C2)CC1. The first kappa shape index (κ1) is 22.7. The average Bonchev–Trinajstić information content (AvgIpc) is 2.82. The molecule has 2 aliphatic rings. The maximum atomic E-state index is 13.0. The number of carbonyl (C=O) groups is 1. The first-order valence-corrected chi connectivity index (χ1v) is 12.0. The minimum absolute atomic E-state index is 0.307. The van der Waals surface area contributed by atoms with E-state index in [9.17, 15) is 4.79 Å². The Morgan fingerprint density at radius 3 is 2.44 bits per heavy atom. The van der Waals surface area contributed by atoms with Gasteiger partial charge in [-0.05, 0) is 50.8 Å². The van der Waals surface area contributed by atoms with Gasteiger partial charge in [0.25, 0.3) is 0 Å². The summed E-state index contributed by atoms with van der Waals surface area (Å²) in [6.45, 7) is 10.1. The van der Waals surface area contributed by atoms with Crippen LogP contribution in [0.4, 0.5) is 5.69 Å². The van der Waals surface area contributed by atoms with Gasteiger partial charge in [-0.3, -0.25) is 9.69 Å². The fraction of sp³-hybridized carbons (Fsp3) is 0.519. The van der Waals surface area contributed by atoms with E-state index in [0.717, 1.165) is 57.9 Å². The summed E-state index contributed by atoms with van der Waals surface area (Å²) >= 11 is 0. The first-order valence-electron chi connectivity index (χ1n) is 12.0. The van der Waals surface area contributed by atoms with Gasteiger partial charge < -0.3 is 14.5 Å². The number of nitrogens with zero attached hydrogens (tertiary/aromatic N) is 3. The van der Waals surface area contributed by atoms with Crippen LogP contribution in [0.3, 0.4) is 0 Å². The zero-order chi connectivity index (χ0) is 22.5. The summed E-state index contributed by atoms with van der Waals surface area (Å²) in [7, 11) is 1.74. The van der Waals surface area contributed by atoms with Crippen molar-refractivity contribution in [3.63, 3.8) is 0 Å². The number of hydrogen-bond donors (Lipinski definition) is 0. The smallest absolute Gasteiger partial charge is 0.222 e. The van der Waals surface area contributed by atoms with Crippen molar-refractivity contribution in [3.8, 4) is 5.75 Å². The number of likely N-dealkylation sites (tertiary alicyclic amines) is 1. The number of rotatable bonds is 6. The van der Waals surface area contributed by atoms with Crippen LogP contribution in [0.2, 0.25) is 0 Å². The molecule has 0 spiro atoms. The van der Waals surface area contributed by atoms with Crippen LogP contribution in [0.15, 0.2) is 42.5 Å². The van der Waals surface area contributed by atoms with Gasteiger partial charge in [0.2, 0.25) is 5.91 Å². The van der Waals surface area contributed by atoms with Gasteiger partial charge in [-0.1, -0.05) is 41.5 Å². The van der Waals surface area contributed by atoms with Crippen molar-refractivity contribution in [2.75, 3.05) is 51.3 Å². The Kier molecular flexibility index (Phi) is 7.36. The van der Waals surface area contributed by atoms with E-state index in [-0.39, 0.29) is 0 Å². The second kappa shape index (κ2) is 10.4. The van der Waals surface area contributed by atoms with E-state index in [2.05, 4.69) is 58.9 Å². The van der Waals surface area contributed by atoms with E-state index >= 15 is 0 Å². The lowest BCUT2D eigenvalue weighted by Gasteiger charge is -2.44. The van der Waals surface area contributed by atoms with Gasteiger partial charge in [0.1, 0.15) is 5.75 Å². The highest BCUT2D eigenvalue weighted by Gasteiger charge is 2.30. The lowest BCUT2D eigenvalue weighted by Crippen LogP contribution is -2.56. The summed E-state index contributed by atoms with van der Waals surface area (Å²) in [6, 6.07) is 15.4. The lowest BCUT2D eigenvalue weighted by atomic mass is 10.0. The molecule has 0 radical (unpaired) electrons. The number of para-hydroxylation sites is 2. The van der Waals surface area contributed by atoms with Gasteiger partial charge in [-0.2, -0.15) is 0 Å². The summed E-state index contributed by atoms with van der Waals surface area (Å²) in [5, 5.41) is 0. The maximum absolute atomic E-state index is 13.0. The zero-order valence-electron chi connectivity index (χ0n) is 19.8.